The normalized spacial score (nSPS) is 11.2. The zero-order valence-corrected chi connectivity index (χ0v) is 16.4. The Morgan fingerprint density at radius 2 is 1.83 bits per heavy atom. The lowest BCUT2D eigenvalue weighted by Crippen LogP contribution is -2.23. The van der Waals surface area contributed by atoms with Crippen LogP contribution in [0.15, 0.2) is 71.5 Å². The summed E-state index contributed by atoms with van der Waals surface area (Å²) in [6.07, 6.45) is 0. The molecule has 3 heterocycles. The molecule has 2 aromatic carbocycles. The molecule has 0 aliphatic heterocycles. The van der Waals surface area contributed by atoms with E-state index in [1.54, 1.807) is 36.4 Å². The zero-order valence-electron chi connectivity index (χ0n) is 15.6. The van der Waals surface area contributed by atoms with Crippen LogP contribution in [0.3, 0.4) is 0 Å². The number of nitrogens with one attached hydrogen (secondary N) is 3. The van der Waals surface area contributed by atoms with Gasteiger partial charge in [-0.3, -0.25) is 14.2 Å². The Kier molecular flexibility index (Phi) is 4.37. The van der Waals surface area contributed by atoms with Gasteiger partial charge in [-0.05, 0) is 48.5 Å². The van der Waals surface area contributed by atoms with E-state index in [1.807, 2.05) is 24.3 Å². The van der Waals surface area contributed by atoms with Gasteiger partial charge < -0.3 is 15.3 Å². The molecule has 7 nitrogen and oxygen atoms in total. The van der Waals surface area contributed by atoms with Crippen molar-refractivity contribution < 1.29 is 4.79 Å². The van der Waals surface area contributed by atoms with E-state index in [-0.39, 0.29) is 18.0 Å². The van der Waals surface area contributed by atoms with Gasteiger partial charge in [-0.15, -0.1) is 0 Å². The summed E-state index contributed by atoms with van der Waals surface area (Å²) in [4.78, 5) is 35.9. The van der Waals surface area contributed by atoms with Gasteiger partial charge in [0.2, 0.25) is 0 Å². The van der Waals surface area contributed by atoms with Crippen molar-refractivity contribution in [3.63, 3.8) is 0 Å². The van der Waals surface area contributed by atoms with Crippen LogP contribution < -0.4 is 10.9 Å². The molecule has 5 rings (SSSR count). The maximum absolute atomic E-state index is 12.7. The van der Waals surface area contributed by atoms with E-state index < -0.39 is 0 Å². The fraction of sp³-hybridized carbons (Fsp3) is 0.0455. The molecule has 0 bridgehead atoms. The average molecular weight is 418 g/mol. The highest BCUT2D eigenvalue weighted by Crippen LogP contribution is 2.19. The van der Waals surface area contributed by atoms with Crippen LogP contribution in [0, 0.1) is 0 Å². The molecule has 0 aliphatic rings. The van der Waals surface area contributed by atoms with E-state index in [1.165, 1.54) is 10.6 Å². The number of para-hydroxylation sites is 2. The predicted molar refractivity (Wildman–Crippen MR) is 116 cm³/mol. The molecule has 0 saturated heterocycles. The van der Waals surface area contributed by atoms with Crippen molar-refractivity contribution in [3.8, 4) is 5.69 Å². The van der Waals surface area contributed by atoms with Crippen LogP contribution >= 0.6 is 11.6 Å². The van der Waals surface area contributed by atoms with E-state index in [9.17, 15) is 9.59 Å². The molecule has 3 N–H and O–H groups in total. The van der Waals surface area contributed by atoms with Crippen molar-refractivity contribution in [1.29, 1.82) is 0 Å². The number of amides is 1. The van der Waals surface area contributed by atoms with Crippen LogP contribution in [-0.4, -0.2) is 25.4 Å². The molecule has 0 aliphatic carbocycles. The first-order valence-electron chi connectivity index (χ1n) is 9.31. The molecule has 0 saturated carbocycles. The van der Waals surface area contributed by atoms with E-state index in [2.05, 4.69) is 20.3 Å². The van der Waals surface area contributed by atoms with Crippen molar-refractivity contribution in [1.82, 2.24) is 24.8 Å². The van der Waals surface area contributed by atoms with E-state index >= 15 is 0 Å². The highest BCUT2D eigenvalue weighted by molar-refractivity contribution is 6.30. The summed E-state index contributed by atoms with van der Waals surface area (Å²) in [5, 5.41) is 4.18. The maximum atomic E-state index is 12.7. The monoisotopic (exact) mass is 417 g/mol. The topological polar surface area (TPSA) is 95.6 Å². The molecule has 1 amide bonds. The van der Waals surface area contributed by atoms with Crippen molar-refractivity contribution in [2.24, 2.45) is 0 Å². The highest BCUT2D eigenvalue weighted by atomic mass is 35.5. The second-order valence-electron chi connectivity index (χ2n) is 6.85. The molecule has 0 fully saturated rings. The largest absolute Gasteiger partial charge is 0.344 e. The number of nitrogens with zero attached hydrogens (tertiary/aromatic N) is 2. The van der Waals surface area contributed by atoms with Gasteiger partial charge in [0.1, 0.15) is 17.2 Å². The van der Waals surface area contributed by atoms with Crippen LogP contribution in [0.2, 0.25) is 5.02 Å². The number of benzene rings is 2. The molecule has 0 radical (unpaired) electrons. The Bertz CT molecular complexity index is 1410. The minimum absolute atomic E-state index is 0.207. The molecule has 0 unspecified atom stereocenters. The van der Waals surface area contributed by atoms with E-state index in [4.69, 9.17) is 11.6 Å². The van der Waals surface area contributed by atoms with Gasteiger partial charge in [-0.1, -0.05) is 23.7 Å². The molecular weight excluding hydrogens is 402 g/mol. The lowest BCUT2D eigenvalue weighted by Gasteiger charge is -2.07. The lowest BCUT2D eigenvalue weighted by atomic mass is 10.2. The maximum Gasteiger partial charge on any atom is 0.268 e. The third-order valence-corrected chi connectivity index (χ3v) is 5.11. The first-order valence-corrected chi connectivity index (χ1v) is 9.69. The van der Waals surface area contributed by atoms with Crippen LogP contribution in [0.4, 0.5) is 0 Å². The second kappa shape index (κ2) is 7.20. The molecule has 148 valence electrons. The Labute approximate surface area is 175 Å². The second-order valence-corrected chi connectivity index (χ2v) is 7.29. The number of aromatic nitrogens is 4. The number of halogens is 1. The lowest BCUT2D eigenvalue weighted by molar-refractivity contribution is 0.0946. The number of pyridine rings is 1. The number of hydrogen-bond donors (Lipinski definition) is 3. The van der Waals surface area contributed by atoms with Crippen LogP contribution in [0.25, 0.3) is 27.8 Å². The van der Waals surface area contributed by atoms with Gasteiger partial charge in [0.05, 0.1) is 23.3 Å². The first-order chi connectivity index (χ1) is 14.6. The zero-order chi connectivity index (χ0) is 20.7. The summed E-state index contributed by atoms with van der Waals surface area (Å²) >= 11 is 5.96. The number of carbonyl (C=O) groups excluding carboxylic acids is 1. The number of rotatable bonds is 4. The van der Waals surface area contributed by atoms with Crippen molar-refractivity contribution in [2.45, 2.75) is 6.54 Å². The molecule has 3 aromatic heterocycles. The van der Waals surface area contributed by atoms with Gasteiger partial charge >= 0.3 is 0 Å². The third kappa shape index (κ3) is 3.25. The van der Waals surface area contributed by atoms with Gasteiger partial charge in [0.15, 0.2) is 0 Å². The Morgan fingerprint density at radius 1 is 1.03 bits per heavy atom. The quantitative estimate of drug-likeness (QED) is 0.415. The minimum atomic E-state index is -0.290. The number of fused-ring (bicyclic) bond motifs is 2. The van der Waals surface area contributed by atoms with Crippen molar-refractivity contribution in [2.75, 3.05) is 0 Å². The van der Waals surface area contributed by atoms with Crippen LogP contribution in [0.1, 0.15) is 16.3 Å². The summed E-state index contributed by atoms with van der Waals surface area (Å²) in [6.45, 7) is 0.257. The SMILES string of the molecule is O=C(NCc1nc2ccccc2[nH]1)c1cc2ccc(=O)n(-c3ccc(Cl)cc3)c2[nH]1. The molecule has 5 aromatic rings. The molecule has 0 spiro atoms. The Balaban J connectivity index is 1.44. The standard InChI is InChI=1S/C22H16ClN5O2/c23-14-6-8-15(9-7-14)28-20(29)10-5-13-11-18(27-21(13)28)22(30)24-12-19-25-16-3-1-2-4-17(16)26-19/h1-11,27H,12H2,(H,24,30)(H,25,26). The number of imidazole rings is 1. The summed E-state index contributed by atoms with van der Waals surface area (Å²) in [5.41, 5.74) is 3.11. The minimum Gasteiger partial charge on any atom is -0.344 e. The highest BCUT2D eigenvalue weighted by Gasteiger charge is 2.14. The van der Waals surface area contributed by atoms with Gasteiger partial charge in [0.25, 0.3) is 11.5 Å². The van der Waals surface area contributed by atoms with E-state index in [0.29, 0.717) is 27.9 Å². The summed E-state index contributed by atoms with van der Waals surface area (Å²) < 4.78 is 1.52. The fourth-order valence-electron chi connectivity index (χ4n) is 3.43. The Morgan fingerprint density at radius 3 is 2.63 bits per heavy atom. The molecule has 8 heteroatoms. The van der Waals surface area contributed by atoms with Gasteiger partial charge in [-0.2, -0.15) is 0 Å². The molecule has 0 atom stereocenters. The Hall–Kier alpha value is -3.84. The number of aromatic amines is 2. The van der Waals surface area contributed by atoms with Crippen LogP contribution in [-0.2, 0) is 6.54 Å². The summed E-state index contributed by atoms with van der Waals surface area (Å²) in [7, 11) is 0. The smallest absolute Gasteiger partial charge is 0.268 e. The number of hydrogen-bond acceptors (Lipinski definition) is 3. The average Bonchev–Trinajstić information content (AvgIpc) is 3.36. The number of H-pyrrole nitrogens is 2. The fourth-order valence-corrected chi connectivity index (χ4v) is 3.56. The molecule has 30 heavy (non-hydrogen) atoms. The predicted octanol–water partition coefficient (Wildman–Crippen LogP) is 3.78. The third-order valence-electron chi connectivity index (χ3n) is 4.86. The van der Waals surface area contributed by atoms with Crippen molar-refractivity contribution in [3.05, 3.63) is 93.6 Å². The first kappa shape index (κ1) is 18.2. The van der Waals surface area contributed by atoms with E-state index in [0.717, 1.165) is 16.4 Å². The molecular formula is C22H16ClN5O2. The van der Waals surface area contributed by atoms with Crippen molar-refractivity contribution >= 4 is 39.6 Å². The number of carbonyl (C=O) groups is 1. The van der Waals surface area contributed by atoms with Crippen LogP contribution in [0.5, 0.6) is 0 Å². The van der Waals surface area contributed by atoms with Gasteiger partial charge in [-0.25, -0.2) is 4.98 Å². The summed E-state index contributed by atoms with van der Waals surface area (Å²) in [6, 6.07) is 19.5. The summed E-state index contributed by atoms with van der Waals surface area (Å²) in [5.74, 6) is 0.375. The van der Waals surface area contributed by atoms with Gasteiger partial charge in [0, 0.05) is 16.5 Å².